The van der Waals surface area contributed by atoms with Crippen LogP contribution in [0.15, 0.2) is 24.5 Å². The van der Waals surface area contributed by atoms with Crippen molar-refractivity contribution in [3.05, 3.63) is 35.9 Å². The molecule has 0 aliphatic rings. The van der Waals surface area contributed by atoms with Crippen molar-refractivity contribution in [2.24, 2.45) is 0 Å². The number of fused-ring (bicyclic) bond motifs is 1. The lowest BCUT2D eigenvalue weighted by atomic mass is 10.1. The van der Waals surface area contributed by atoms with E-state index >= 15 is 0 Å². The second-order valence-corrected chi connectivity index (χ2v) is 4.03. The van der Waals surface area contributed by atoms with Crippen molar-refractivity contribution in [1.82, 2.24) is 19.9 Å². The molecular formula is C12H10FN5. The minimum Gasteiger partial charge on any atom is -0.382 e. The summed E-state index contributed by atoms with van der Waals surface area (Å²) in [7, 11) is 0. The molecule has 0 bridgehead atoms. The number of nitrogens with one attached hydrogen (secondary N) is 1. The highest BCUT2D eigenvalue weighted by Crippen LogP contribution is 2.24. The molecule has 2 aromatic heterocycles. The van der Waals surface area contributed by atoms with Crippen LogP contribution in [0.4, 0.5) is 10.2 Å². The van der Waals surface area contributed by atoms with Gasteiger partial charge in [0.05, 0.1) is 5.56 Å². The summed E-state index contributed by atoms with van der Waals surface area (Å²) in [6, 6.07) is 4.83. The molecule has 0 spiro atoms. The molecule has 0 fully saturated rings. The first-order valence-electron chi connectivity index (χ1n) is 5.38. The number of H-pyrrole nitrogens is 1. The smallest absolute Gasteiger partial charge is 0.183 e. The molecule has 1 aromatic carbocycles. The number of benzene rings is 1. The molecule has 0 atom stereocenters. The molecule has 0 unspecified atom stereocenters. The van der Waals surface area contributed by atoms with Crippen LogP contribution in [0, 0.1) is 12.7 Å². The van der Waals surface area contributed by atoms with Crippen molar-refractivity contribution in [3.8, 4) is 11.4 Å². The molecule has 3 aromatic rings. The van der Waals surface area contributed by atoms with Crippen LogP contribution in [0.3, 0.4) is 0 Å². The number of rotatable bonds is 1. The van der Waals surface area contributed by atoms with Gasteiger partial charge in [-0.2, -0.15) is 0 Å². The summed E-state index contributed by atoms with van der Waals surface area (Å²) in [6.45, 7) is 1.89. The predicted octanol–water partition coefficient (Wildman–Crippen LogP) is 2.05. The maximum atomic E-state index is 13.8. The van der Waals surface area contributed by atoms with Gasteiger partial charge in [-0.25, -0.2) is 19.3 Å². The lowest BCUT2D eigenvalue weighted by molar-refractivity contribution is 0.630. The fourth-order valence-corrected chi connectivity index (χ4v) is 1.79. The maximum absolute atomic E-state index is 13.8. The van der Waals surface area contributed by atoms with E-state index in [0.717, 1.165) is 5.56 Å². The number of imidazole rings is 1. The summed E-state index contributed by atoms with van der Waals surface area (Å²) in [4.78, 5) is 15.0. The monoisotopic (exact) mass is 243 g/mol. The first-order valence-corrected chi connectivity index (χ1v) is 5.38. The summed E-state index contributed by atoms with van der Waals surface area (Å²) in [5.41, 5.74) is 8.00. The van der Waals surface area contributed by atoms with E-state index in [1.807, 2.05) is 6.92 Å². The van der Waals surface area contributed by atoms with Crippen LogP contribution in [0.2, 0.25) is 0 Å². The number of aryl methyl sites for hydroxylation is 1. The van der Waals surface area contributed by atoms with Crippen LogP contribution in [0.25, 0.3) is 22.6 Å². The van der Waals surface area contributed by atoms with Crippen LogP contribution in [0.5, 0.6) is 0 Å². The Balaban J connectivity index is 2.26. The molecule has 3 N–H and O–H groups in total. The average Bonchev–Trinajstić information content (AvgIpc) is 2.77. The molecule has 0 saturated carbocycles. The quantitative estimate of drug-likeness (QED) is 0.685. The van der Waals surface area contributed by atoms with Gasteiger partial charge >= 0.3 is 0 Å². The number of nitrogen functional groups attached to an aromatic ring is 1. The minimum atomic E-state index is -0.341. The van der Waals surface area contributed by atoms with E-state index in [0.29, 0.717) is 28.4 Å². The van der Waals surface area contributed by atoms with Crippen LogP contribution in [-0.2, 0) is 0 Å². The molecular weight excluding hydrogens is 233 g/mol. The maximum Gasteiger partial charge on any atom is 0.183 e. The Labute approximate surface area is 102 Å². The van der Waals surface area contributed by atoms with E-state index in [4.69, 9.17) is 5.73 Å². The molecule has 0 aliphatic heterocycles. The SMILES string of the molecule is Cc1ccc(F)c(-c2nc3ncnc(N)c3[nH]2)c1. The summed E-state index contributed by atoms with van der Waals surface area (Å²) < 4.78 is 13.8. The van der Waals surface area contributed by atoms with Crippen LogP contribution < -0.4 is 5.73 Å². The standard InChI is InChI=1S/C12H10FN5/c1-6-2-3-8(13)7(4-6)11-17-9-10(14)15-5-16-12(9)18-11/h2-5H,1H3,(H3,14,15,16,17,18). The summed E-state index contributed by atoms with van der Waals surface area (Å²) in [5.74, 6) is 0.358. The lowest BCUT2D eigenvalue weighted by Gasteiger charge is -2.00. The number of nitrogens with zero attached hydrogens (tertiary/aromatic N) is 3. The molecule has 90 valence electrons. The highest BCUT2D eigenvalue weighted by atomic mass is 19.1. The zero-order valence-corrected chi connectivity index (χ0v) is 9.61. The Kier molecular flexibility index (Phi) is 2.22. The Morgan fingerprint density at radius 2 is 2.11 bits per heavy atom. The third-order valence-electron chi connectivity index (χ3n) is 2.69. The molecule has 0 saturated heterocycles. The zero-order chi connectivity index (χ0) is 12.7. The third kappa shape index (κ3) is 1.58. The lowest BCUT2D eigenvalue weighted by Crippen LogP contribution is -1.91. The van der Waals surface area contributed by atoms with E-state index < -0.39 is 0 Å². The predicted molar refractivity (Wildman–Crippen MR) is 66.2 cm³/mol. The Hall–Kier alpha value is -2.50. The van der Waals surface area contributed by atoms with Crippen molar-refractivity contribution in [2.45, 2.75) is 6.92 Å². The fraction of sp³-hybridized carbons (Fsp3) is 0.0833. The van der Waals surface area contributed by atoms with Crippen LogP contribution in [-0.4, -0.2) is 19.9 Å². The van der Waals surface area contributed by atoms with Crippen molar-refractivity contribution in [2.75, 3.05) is 5.73 Å². The Morgan fingerprint density at radius 1 is 1.28 bits per heavy atom. The van der Waals surface area contributed by atoms with Crippen molar-refractivity contribution < 1.29 is 4.39 Å². The van der Waals surface area contributed by atoms with Gasteiger partial charge in [0.2, 0.25) is 0 Å². The number of aromatic amines is 1. The van der Waals surface area contributed by atoms with Crippen LogP contribution >= 0.6 is 0 Å². The normalized spacial score (nSPS) is 11.0. The topological polar surface area (TPSA) is 80.5 Å². The highest BCUT2D eigenvalue weighted by molar-refractivity contribution is 5.84. The van der Waals surface area contributed by atoms with E-state index in [2.05, 4.69) is 19.9 Å². The van der Waals surface area contributed by atoms with Gasteiger partial charge in [0.25, 0.3) is 0 Å². The molecule has 18 heavy (non-hydrogen) atoms. The van der Waals surface area contributed by atoms with Gasteiger partial charge in [0.15, 0.2) is 11.5 Å². The van der Waals surface area contributed by atoms with Gasteiger partial charge < -0.3 is 10.7 Å². The summed E-state index contributed by atoms with van der Waals surface area (Å²) in [5, 5.41) is 0. The zero-order valence-electron chi connectivity index (χ0n) is 9.61. The highest BCUT2D eigenvalue weighted by Gasteiger charge is 2.12. The first-order chi connectivity index (χ1) is 8.65. The third-order valence-corrected chi connectivity index (χ3v) is 2.69. The Bertz CT molecular complexity index is 734. The molecule has 2 heterocycles. The molecule has 0 amide bonds. The van der Waals surface area contributed by atoms with Gasteiger partial charge in [0, 0.05) is 0 Å². The van der Waals surface area contributed by atoms with E-state index in [1.165, 1.54) is 12.4 Å². The van der Waals surface area contributed by atoms with Gasteiger partial charge in [0.1, 0.15) is 23.5 Å². The van der Waals surface area contributed by atoms with Crippen molar-refractivity contribution >= 4 is 17.0 Å². The number of hydrogen-bond donors (Lipinski definition) is 2. The van der Waals surface area contributed by atoms with Crippen molar-refractivity contribution in [1.29, 1.82) is 0 Å². The van der Waals surface area contributed by atoms with Crippen molar-refractivity contribution in [3.63, 3.8) is 0 Å². The minimum absolute atomic E-state index is 0.298. The number of halogens is 1. The molecule has 0 radical (unpaired) electrons. The molecule has 6 heteroatoms. The van der Waals surface area contributed by atoms with E-state index in [1.54, 1.807) is 12.1 Å². The van der Waals surface area contributed by atoms with Crippen LogP contribution in [0.1, 0.15) is 5.56 Å². The first kappa shape index (κ1) is 10.6. The second-order valence-electron chi connectivity index (χ2n) is 4.03. The number of hydrogen-bond acceptors (Lipinski definition) is 4. The second kappa shape index (κ2) is 3.76. The largest absolute Gasteiger partial charge is 0.382 e. The summed E-state index contributed by atoms with van der Waals surface area (Å²) in [6.07, 6.45) is 1.33. The molecule has 0 aliphatic carbocycles. The number of nitrogens with two attached hydrogens (primary N) is 1. The average molecular weight is 243 g/mol. The van der Waals surface area contributed by atoms with E-state index in [9.17, 15) is 4.39 Å². The van der Waals surface area contributed by atoms with Gasteiger partial charge in [-0.3, -0.25) is 0 Å². The number of aromatic nitrogens is 4. The Morgan fingerprint density at radius 3 is 2.89 bits per heavy atom. The van der Waals surface area contributed by atoms with E-state index in [-0.39, 0.29) is 5.82 Å². The molecule has 3 rings (SSSR count). The van der Waals surface area contributed by atoms with Gasteiger partial charge in [-0.1, -0.05) is 11.6 Å². The van der Waals surface area contributed by atoms with Gasteiger partial charge in [-0.05, 0) is 19.1 Å². The summed E-state index contributed by atoms with van der Waals surface area (Å²) >= 11 is 0. The molecule has 5 nitrogen and oxygen atoms in total. The van der Waals surface area contributed by atoms with Gasteiger partial charge in [-0.15, -0.1) is 0 Å². The number of anilines is 1. The fourth-order valence-electron chi connectivity index (χ4n) is 1.79.